The number of hydrogen-bond acceptors (Lipinski definition) is 5. The van der Waals surface area contributed by atoms with E-state index in [9.17, 15) is 22.8 Å². The number of fused-ring (bicyclic) bond motifs is 1. The number of hydroxylamine groups is 1. The summed E-state index contributed by atoms with van der Waals surface area (Å²) in [5.74, 6) is -1.10. The lowest BCUT2D eigenvalue weighted by molar-refractivity contribution is -0.145. The fraction of sp³-hybridized carbons (Fsp3) is 0.391. The molecule has 2 aromatic rings. The molecule has 7 nitrogen and oxygen atoms in total. The van der Waals surface area contributed by atoms with Gasteiger partial charge in [-0.25, -0.2) is 5.48 Å². The number of nitrogens with one attached hydrogen (secondary N) is 1. The predicted molar refractivity (Wildman–Crippen MR) is 109 cm³/mol. The highest BCUT2D eigenvalue weighted by atomic mass is 19.4. The van der Waals surface area contributed by atoms with E-state index < -0.39 is 23.7 Å². The van der Waals surface area contributed by atoms with Crippen molar-refractivity contribution in [2.75, 3.05) is 19.8 Å². The van der Waals surface area contributed by atoms with Gasteiger partial charge in [0.15, 0.2) is 0 Å². The quantitative estimate of drug-likeness (QED) is 0.534. The van der Waals surface area contributed by atoms with Crippen LogP contribution in [-0.2, 0) is 22.3 Å². The van der Waals surface area contributed by atoms with Crippen molar-refractivity contribution in [3.05, 3.63) is 64.7 Å². The van der Waals surface area contributed by atoms with E-state index >= 15 is 0 Å². The van der Waals surface area contributed by atoms with Crippen molar-refractivity contribution in [1.82, 2.24) is 10.4 Å². The average molecular weight is 464 g/mol. The van der Waals surface area contributed by atoms with Crippen LogP contribution < -0.4 is 10.2 Å². The average Bonchev–Trinajstić information content (AvgIpc) is 3.02. The number of carbonyl (C=O) groups is 2. The Hall–Kier alpha value is -3.11. The van der Waals surface area contributed by atoms with Crippen molar-refractivity contribution in [2.45, 2.75) is 31.6 Å². The maximum atomic E-state index is 13.8. The van der Waals surface area contributed by atoms with E-state index in [2.05, 4.69) is 0 Å². The van der Waals surface area contributed by atoms with Gasteiger partial charge in [-0.15, -0.1) is 0 Å². The first-order valence-corrected chi connectivity index (χ1v) is 10.5. The number of carbonyl (C=O) groups excluding carboxylic acids is 2. The lowest BCUT2D eigenvalue weighted by atomic mass is 9.94. The second-order valence-electron chi connectivity index (χ2n) is 8.03. The molecule has 0 aliphatic carbocycles. The van der Waals surface area contributed by atoms with E-state index in [0.29, 0.717) is 31.6 Å². The third-order valence-electron chi connectivity index (χ3n) is 6.02. The van der Waals surface area contributed by atoms with Gasteiger partial charge in [0.25, 0.3) is 5.91 Å². The van der Waals surface area contributed by atoms with Crippen LogP contribution in [0.4, 0.5) is 13.2 Å². The van der Waals surface area contributed by atoms with Crippen LogP contribution >= 0.6 is 0 Å². The van der Waals surface area contributed by atoms with Crippen molar-refractivity contribution in [2.24, 2.45) is 5.92 Å². The minimum Gasteiger partial charge on any atom is -0.491 e. The molecule has 1 unspecified atom stereocenters. The second-order valence-corrected chi connectivity index (χ2v) is 8.03. The van der Waals surface area contributed by atoms with Gasteiger partial charge in [0.1, 0.15) is 12.4 Å². The largest absolute Gasteiger partial charge is 0.491 e. The van der Waals surface area contributed by atoms with E-state index in [1.165, 1.54) is 40.7 Å². The van der Waals surface area contributed by atoms with Gasteiger partial charge < -0.3 is 14.4 Å². The summed E-state index contributed by atoms with van der Waals surface area (Å²) in [6.07, 6.45) is -3.62. The fourth-order valence-corrected chi connectivity index (χ4v) is 4.29. The van der Waals surface area contributed by atoms with E-state index in [0.717, 1.165) is 6.07 Å². The topological polar surface area (TPSA) is 88.1 Å². The summed E-state index contributed by atoms with van der Waals surface area (Å²) in [7, 11) is 0. The van der Waals surface area contributed by atoms with Crippen LogP contribution in [0.2, 0.25) is 0 Å². The molecular formula is C23H23F3N2O5. The zero-order chi connectivity index (χ0) is 23.6. The summed E-state index contributed by atoms with van der Waals surface area (Å²) in [6.45, 7) is 0.629. The van der Waals surface area contributed by atoms with Gasteiger partial charge in [-0.05, 0) is 36.6 Å². The minimum atomic E-state index is -4.60. The van der Waals surface area contributed by atoms with Crippen LogP contribution in [0.3, 0.4) is 0 Å². The lowest BCUT2D eigenvalue weighted by Crippen LogP contribution is -2.42. The fourth-order valence-electron chi connectivity index (χ4n) is 4.29. The van der Waals surface area contributed by atoms with E-state index in [4.69, 9.17) is 14.7 Å². The Kier molecular flexibility index (Phi) is 6.57. The second kappa shape index (κ2) is 9.40. The Morgan fingerprint density at radius 3 is 2.52 bits per heavy atom. The van der Waals surface area contributed by atoms with Gasteiger partial charge >= 0.3 is 6.18 Å². The third kappa shape index (κ3) is 4.81. The molecule has 0 saturated carbocycles. The third-order valence-corrected chi connectivity index (χ3v) is 6.02. The minimum absolute atomic E-state index is 0.0173. The molecule has 1 saturated heterocycles. The van der Waals surface area contributed by atoms with Gasteiger partial charge in [0.2, 0.25) is 5.91 Å². The van der Waals surface area contributed by atoms with Crippen molar-refractivity contribution < 1.29 is 37.4 Å². The van der Waals surface area contributed by atoms with E-state index in [1.807, 2.05) is 0 Å². The Bertz CT molecular complexity index is 1040. The zero-order valence-corrected chi connectivity index (χ0v) is 17.6. The zero-order valence-electron chi connectivity index (χ0n) is 17.6. The summed E-state index contributed by atoms with van der Waals surface area (Å²) in [6, 6.07) is 8.61. The Balaban J connectivity index is 1.76. The molecule has 0 radical (unpaired) electrons. The van der Waals surface area contributed by atoms with Crippen molar-refractivity contribution >= 4 is 11.8 Å². The summed E-state index contributed by atoms with van der Waals surface area (Å²) < 4.78 is 52.6. The molecule has 2 aliphatic rings. The highest BCUT2D eigenvalue weighted by Crippen LogP contribution is 2.40. The lowest BCUT2D eigenvalue weighted by Gasteiger charge is -2.35. The van der Waals surface area contributed by atoms with Gasteiger partial charge in [-0.3, -0.25) is 14.8 Å². The normalized spacial score (nSPS) is 19.3. The van der Waals surface area contributed by atoms with Gasteiger partial charge in [-0.2, -0.15) is 13.2 Å². The first-order valence-electron chi connectivity index (χ1n) is 10.5. The number of hydrogen-bond donors (Lipinski definition) is 2. The van der Waals surface area contributed by atoms with Crippen LogP contribution in [0.25, 0.3) is 0 Å². The van der Waals surface area contributed by atoms with Crippen molar-refractivity contribution in [3.63, 3.8) is 0 Å². The highest BCUT2D eigenvalue weighted by Gasteiger charge is 2.40. The maximum Gasteiger partial charge on any atom is 0.416 e. The number of ether oxygens (including phenoxy) is 2. The van der Waals surface area contributed by atoms with Gasteiger partial charge in [0, 0.05) is 30.3 Å². The molecule has 33 heavy (non-hydrogen) atoms. The molecule has 2 amide bonds. The van der Waals surface area contributed by atoms with E-state index in [-0.39, 0.29) is 41.9 Å². The molecule has 2 aromatic carbocycles. The van der Waals surface area contributed by atoms with Crippen molar-refractivity contribution in [3.8, 4) is 5.75 Å². The number of benzene rings is 2. The number of halogens is 3. The van der Waals surface area contributed by atoms with E-state index in [1.54, 1.807) is 6.07 Å². The number of alkyl halides is 3. The molecule has 2 heterocycles. The predicted octanol–water partition coefficient (Wildman–Crippen LogP) is 3.71. The number of nitrogens with zero attached hydrogens (tertiary/aromatic N) is 1. The van der Waals surface area contributed by atoms with Crippen molar-refractivity contribution in [1.29, 1.82) is 0 Å². The van der Waals surface area contributed by atoms with Crippen LogP contribution in [-0.4, -0.2) is 41.7 Å². The molecule has 10 heteroatoms. The van der Waals surface area contributed by atoms with Gasteiger partial charge in [-0.1, -0.05) is 24.3 Å². The first-order chi connectivity index (χ1) is 15.8. The monoisotopic (exact) mass is 464 g/mol. The number of rotatable bonds is 3. The highest BCUT2D eigenvalue weighted by molar-refractivity contribution is 5.93. The first kappa shape index (κ1) is 23.1. The Morgan fingerprint density at radius 2 is 1.82 bits per heavy atom. The SMILES string of the molecule is O=C(NO)c1ccc2c(c1)OCC(c1ccccc1C(F)(F)F)N(C(=O)C1CCOCC1)C2. The molecule has 1 atom stereocenters. The van der Waals surface area contributed by atoms with Crippen LogP contribution in [0.15, 0.2) is 42.5 Å². The van der Waals surface area contributed by atoms with Crippen LogP contribution in [0, 0.1) is 5.92 Å². The molecule has 1 fully saturated rings. The molecule has 0 aromatic heterocycles. The van der Waals surface area contributed by atoms with Gasteiger partial charge in [0.05, 0.1) is 18.2 Å². The summed E-state index contributed by atoms with van der Waals surface area (Å²) >= 11 is 0. The molecule has 176 valence electrons. The maximum absolute atomic E-state index is 13.8. The number of amides is 2. The van der Waals surface area contributed by atoms with Crippen LogP contribution in [0.5, 0.6) is 5.75 Å². The summed E-state index contributed by atoms with van der Waals surface area (Å²) in [4.78, 5) is 26.7. The molecule has 4 rings (SSSR count). The smallest absolute Gasteiger partial charge is 0.416 e. The molecule has 2 N–H and O–H groups in total. The molecule has 0 bridgehead atoms. The molecule has 0 spiro atoms. The standard InChI is InChI=1S/C23H23F3N2O5/c24-23(25,26)18-4-2-1-3-17(18)19-13-33-20-11-15(21(29)27-31)5-6-16(20)12-28(19)22(30)14-7-9-32-10-8-14/h1-6,11,14,19,31H,7-10,12-13H2,(H,27,29). The molecule has 2 aliphatic heterocycles. The summed E-state index contributed by atoms with van der Waals surface area (Å²) in [5, 5.41) is 8.89. The molecular weight excluding hydrogens is 441 g/mol. The van der Waals surface area contributed by atoms with Crippen LogP contribution in [0.1, 0.15) is 45.9 Å². The summed E-state index contributed by atoms with van der Waals surface area (Å²) in [5.41, 5.74) is 1.33. The Morgan fingerprint density at radius 1 is 1.09 bits per heavy atom. The Labute approximate surface area is 188 Å².